The SMILES string of the molecule is C.CC.CC.CC.CC. The van der Waals surface area contributed by atoms with Crippen molar-refractivity contribution in [3.8, 4) is 0 Å². The summed E-state index contributed by atoms with van der Waals surface area (Å²) in [7, 11) is 0. The summed E-state index contributed by atoms with van der Waals surface area (Å²) in [6.07, 6.45) is 0. The predicted octanol–water partition coefficient (Wildman–Crippen LogP) is 4.74. The number of hydrogen-bond donors (Lipinski definition) is 0. The normalized spacial score (nSPS) is 2.67. The first-order valence-electron chi connectivity index (χ1n) is 4.00. The zero-order valence-electron chi connectivity index (χ0n) is 8.00. The van der Waals surface area contributed by atoms with Gasteiger partial charge in [0.05, 0.1) is 0 Å². The molecule has 0 aliphatic heterocycles. The van der Waals surface area contributed by atoms with E-state index in [-0.39, 0.29) is 7.43 Å². The summed E-state index contributed by atoms with van der Waals surface area (Å²) in [5, 5.41) is 0. The van der Waals surface area contributed by atoms with Crippen molar-refractivity contribution >= 4 is 0 Å². The lowest BCUT2D eigenvalue weighted by Gasteiger charge is -1.07. The summed E-state index contributed by atoms with van der Waals surface area (Å²) in [4.78, 5) is 0. The van der Waals surface area contributed by atoms with Gasteiger partial charge in [-0.2, -0.15) is 0 Å². The maximum absolute atomic E-state index is 2.00. The molecular weight excluding hydrogens is 108 g/mol. The first kappa shape index (κ1) is 36.0. The van der Waals surface area contributed by atoms with Crippen molar-refractivity contribution in [2.24, 2.45) is 0 Å². The quantitative estimate of drug-likeness (QED) is 0.451. The highest BCUT2D eigenvalue weighted by Crippen LogP contribution is 1.15. The Balaban J connectivity index is -0.00000000762. The Morgan fingerprint density at radius 1 is 0.333 bits per heavy atom. The molecule has 0 fully saturated rings. The Morgan fingerprint density at radius 3 is 0.333 bits per heavy atom. The van der Waals surface area contributed by atoms with E-state index in [0.29, 0.717) is 0 Å². The molecule has 0 aliphatic carbocycles. The van der Waals surface area contributed by atoms with E-state index >= 15 is 0 Å². The Bertz CT molecular complexity index is 0. The molecule has 0 unspecified atom stereocenters. The minimum atomic E-state index is 0. The second-order valence-corrected chi connectivity index (χ2v) is 0. The van der Waals surface area contributed by atoms with Gasteiger partial charge in [-0.25, -0.2) is 0 Å². The fraction of sp³-hybridized carbons (Fsp3) is 1.00. The van der Waals surface area contributed by atoms with Crippen LogP contribution < -0.4 is 0 Å². The van der Waals surface area contributed by atoms with Crippen molar-refractivity contribution in [1.82, 2.24) is 0 Å². The van der Waals surface area contributed by atoms with Gasteiger partial charge in [0.2, 0.25) is 0 Å². The van der Waals surface area contributed by atoms with Crippen LogP contribution in [-0.2, 0) is 0 Å². The molecule has 0 bridgehead atoms. The van der Waals surface area contributed by atoms with Crippen LogP contribution in [-0.4, -0.2) is 0 Å². The van der Waals surface area contributed by atoms with Crippen LogP contribution in [0.25, 0.3) is 0 Å². The zero-order chi connectivity index (χ0) is 8.00. The van der Waals surface area contributed by atoms with E-state index in [1.54, 1.807) is 0 Å². The molecule has 0 rings (SSSR count). The molecule has 0 spiro atoms. The molecule has 0 radical (unpaired) electrons. The van der Waals surface area contributed by atoms with Crippen LogP contribution in [0, 0.1) is 0 Å². The van der Waals surface area contributed by atoms with E-state index in [0.717, 1.165) is 0 Å². The minimum absolute atomic E-state index is 0. The molecule has 0 nitrogen and oxygen atoms in total. The van der Waals surface area contributed by atoms with E-state index < -0.39 is 0 Å². The zero-order valence-corrected chi connectivity index (χ0v) is 8.00. The molecule has 0 saturated carbocycles. The van der Waals surface area contributed by atoms with Crippen LogP contribution in [0.1, 0.15) is 62.8 Å². The monoisotopic (exact) mass is 136 g/mol. The van der Waals surface area contributed by atoms with Crippen LogP contribution in [0.4, 0.5) is 0 Å². The van der Waals surface area contributed by atoms with E-state index in [1.165, 1.54) is 0 Å². The Kier molecular flexibility index (Phi) is 0. The van der Waals surface area contributed by atoms with Crippen molar-refractivity contribution in [2.75, 3.05) is 0 Å². The third kappa shape index (κ3) is 0. The highest BCUT2D eigenvalue weighted by molar-refractivity contribution is 3.51. The van der Waals surface area contributed by atoms with Crippen LogP contribution in [0.5, 0.6) is 0 Å². The molecule has 0 aromatic carbocycles. The van der Waals surface area contributed by atoms with E-state index in [2.05, 4.69) is 0 Å². The topological polar surface area (TPSA) is 0 Å². The van der Waals surface area contributed by atoms with Crippen molar-refractivity contribution in [2.45, 2.75) is 62.8 Å². The summed E-state index contributed by atoms with van der Waals surface area (Å²) >= 11 is 0. The molecular formula is C9H28. The van der Waals surface area contributed by atoms with Crippen molar-refractivity contribution < 1.29 is 0 Å². The van der Waals surface area contributed by atoms with Crippen molar-refractivity contribution in [3.63, 3.8) is 0 Å². The van der Waals surface area contributed by atoms with Gasteiger partial charge in [0.15, 0.2) is 0 Å². The molecule has 0 aliphatic rings. The highest BCUT2D eigenvalue weighted by Gasteiger charge is 0.938. The smallest absolute Gasteiger partial charge is 0.0683 e. The summed E-state index contributed by atoms with van der Waals surface area (Å²) in [5.41, 5.74) is 0. The fourth-order valence-electron chi connectivity index (χ4n) is 0. The first-order chi connectivity index (χ1) is 4.00. The molecule has 0 heteroatoms. The van der Waals surface area contributed by atoms with Crippen molar-refractivity contribution in [1.29, 1.82) is 0 Å². The molecule has 9 heavy (non-hydrogen) atoms. The lowest BCUT2D eigenvalue weighted by molar-refractivity contribution is 1.50. The Labute approximate surface area is 63.7 Å². The summed E-state index contributed by atoms with van der Waals surface area (Å²) < 4.78 is 0. The van der Waals surface area contributed by atoms with Crippen LogP contribution in [0.15, 0.2) is 0 Å². The standard InChI is InChI=1S/4C2H6.CH4/c4*1-2;/h4*1-2H3;1H4. The largest absolute Gasteiger partial charge is 0.0776 e. The number of hydrogen-bond acceptors (Lipinski definition) is 0. The third-order valence-corrected chi connectivity index (χ3v) is 0. The summed E-state index contributed by atoms with van der Waals surface area (Å²) in [6.45, 7) is 16.0. The van der Waals surface area contributed by atoms with Gasteiger partial charge < -0.3 is 0 Å². The van der Waals surface area contributed by atoms with E-state index in [9.17, 15) is 0 Å². The molecule has 0 amide bonds. The first-order valence-corrected chi connectivity index (χ1v) is 4.00. The van der Waals surface area contributed by atoms with Gasteiger partial charge in [-0.15, -0.1) is 0 Å². The summed E-state index contributed by atoms with van der Waals surface area (Å²) in [5.74, 6) is 0. The second-order valence-electron chi connectivity index (χ2n) is 0. The lowest BCUT2D eigenvalue weighted by Crippen LogP contribution is -0.856. The van der Waals surface area contributed by atoms with Gasteiger partial charge in [0, 0.05) is 0 Å². The molecule has 0 N–H and O–H groups in total. The molecule has 64 valence electrons. The second kappa shape index (κ2) is 0. The highest BCUT2D eigenvalue weighted by atomic mass is 13.0. The van der Waals surface area contributed by atoms with Gasteiger partial charge in [-0.3, -0.25) is 0 Å². The van der Waals surface area contributed by atoms with E-state index in [1.807, 2.05) is 55.4 Å². The lowest BCUT2D eigenvalue weighted by atomic mass is 11.0. The average Bonchev–Trinajstić information content (AvgIpc) is 2.03. The van der Waals surface area contributed by atoms with Crippen LogP contribution >= 0.6 is 0 Å². The minimum Gasteiger partial charge on any atom is -0.0776 e. The molecule has 0 atom stereocenters. The molecule has 0 aromatic rings. The molecule has 0 aromatic heterocycles. The number of rotatable bonds is 0. The van der Waals surface area contributed by atoms with Crippen LogP contribution in [0.3, 0.4) is 0 Å². The fourth-order valence-corrected chi connectivity index (χ4v) is 0. The Morgan fingerprint density at radius 2 is 0.333 bits per heavy atom. The molecule has 0 saturated heterocycles. The molecule has 0 heterocycles. The third-order valence-electron chi connectivity index (χ3n) is 0. The maximum Gasteiger partial charge on any atom is -0.0683 e. The van der Waals surface area contributed by atoms with Gasteiger partial charge in [-0.05, 0) is 0 Å². The summed E-state index contributed by atoms with van der Waals surface area (Å²) in [6, 6.07) is 0. The van der Waals surface area contributed by atoms with Crippen LogP contribution in [0.2, 0.25) is 0 Å². The van der Waals surface area contributed by atoms with Gasteiger partial charge >= 0.3 is 0 Å². The van der Waals surface area contributed by atoms with E-state index in [4.69, 9.17) is 0 Å². The average molecular weight is 136 g/mol. The van der Waals surface area contributed by atoms with Gasteiger partial charge in [0.1, 0.15) is 0 Å². The van der Waals surface area contributed by atoms with Gasteiger partial charge in [-0.1, -0.05) is 62.8 Å². The van der Waals surface area contributed by atoms with Gasteiger partial charge in [0.25, 0.3) is 0 Å². The predicted molar refractivity (Wildman–Crippen MR) is 52.1 cm³/mol. The van der Waals surface area contributed by atoms with Crippen molar-refractivity contribution in [3.05, 3.63) is 0 Å². The maximum atomic E-state index is 2.00. The Hall–Kier alpha value is 0.